The van der Waals surface area contributed by atoms with Gasteiger partial charge in [0.05, 0.1) is 27.9 Å². The van der Waals surface area contributed by atoms with Crippen molar-refractivity contribution in [1.29, 1.82) is 0 Å². The Balaban J connectivity index is 0.00000320. The Labute approximate surface area is 193 Å². The molecule has 0 saturated carbocycles. The second-order valence-electron chi connectivity index (χ2n) is 6.23. The maximum atomic E-state index is 5.54. The van der Waals surface area contributed by atoms with E-state index >= 15 is 0 Å². The topological polar surface area (TPSA) is 82.6 Å². The highest BCUT2D eigenvalue weighted by molar-refractivity contribution is 14.0. The van der Waals surface area contributed by atoms with Crippen molar-refractivity contribution in [2.75, 3.05) is 34.7 Å². The van der Waals surface area contributed by atoms with Crippen LogP contribution in [-0.4, -0.2) is 40.6 Å². The molecule has 0 spiro atoms. The van der Waals surface area contributed by atoms with Crippen molar-refractivity contribution in [3.05, 3.63) is 41.5 Å². The fraction of sp³-hybridized carbons (Fsp3) is 0.381. The first-order valence-electron chi connectivity index (χ1n) is 9.38. The number of methoxy groups -OCH3 is 3. The number of guanidine groups is 1. The molecule has 2 aromatic carbocycles. The Morgan fingerprint density at radius 3 is 2.43 bits per heavy atom. The third-order valence-corrected chi connectivity index (χ3v) is 4.43. The number of benzene rings is 2. The lowest BCUT2D eigenvalue weighted by molar-refractivity contribution is 0.174. The minimum Gasteiger partial charge on any atom is -0.493 e. The summed E-state index contributed by atoms with van der Waals surface area (Å²) in [5.74, 6) is 4.04. The van der Waals surface area contributed by atoms with Crippen molar-refractivity contribution in [3.8, 4) is 28.7 Å². The van der Waals surface area contributed by atoms with Gasteiger partial charge >= 0.3 is 0 Å². The molecule has 0 aliphatic carbocycles. The van der Waals surface area contributed by atoms with Crippen LogP contribution in [0.3, 0.4) is 0 Å². The molecule has 3 rings (SSSR count). The number of fused-ring (bicyclic) bond motifs is 1. The smallest absolute Gasteiger partial charge is 0.231 e. The summed E-state index contributed by atoms with van der Waals surface area (Å²) in [6.45, 7) is 4.05. The van der Waals surface area contributed by atoms with Crippen molar-refractivity contribution in [2.45, 2.75) is 20.0 Å². The van der Waals surface area contributed by atoms with Crippen molar-refractivity contribution in [2.24, 2.45) is 4.99 Å². The molecule has 9 heteroatoms. The van der Waals surface area contributed by atoms with E-state index in [-0.39, 0.29) is 30.8 Å². The van der Waals surface area contributed by atoms with Crippen LogP contribution < -0.4 is 34.3 Å². The maximum absolute atomic E-state index is 5.54. The number of aliphatic imine (C=N–C) groups is 1. The Kier molecular flexibility index (Phi) is 9.15. The highest BCUT2D eigenvalue weighted by Gasteiger charge is 2.16. The average Bonchev–Trinajstić information content (AvgIpc) is 3.22. The third-order valence-electron chi connectivity index (χ3n) is 4.43. The van der Waals surface area contributed by atoms with E-state index in [2.05, 4.69) is 15.6 Å². The number of nitrogens with one attached hydrogen (secondary N) is 2. The summed E-state index contributed by atoms with van der Waals surface area (Å²) < 4.78 is 27.1. The third kappa shape index (κ3) is 5.53. The molecule has 0 saturated heterocycles. The van der Waals surface area contributed by atoms with Crippen LogP contribution in [-0.2, 0) is 13.1 Å². The quantitative estimate of drug-likeness (QED) is 0.309. The predicted molar refractivity (Wildman–Crippen MR) is 126 cm³/mol. The van der Waals surface area contributed by atoms with Gasteiger partial charge < -0.3 is 34.3 Å². The largest absolute Gasteiger partial charge is 0.493 e. The number of hydrogen-bond donors (Lipinski definition) is 2. The molecule has 0 amide bonds. The molecule has 0 aromatic heterocycles. The minimum atomic E-state index is 0. The molecular weight excluding hydrogens is 501 g/mol. The van der Waals surface area contributed by atoms with E-state index in [9.17, 15) is 0 Å². The lowest BCUT2D eigenvalue weighted by atomic mass is 10.1. The zero-order valence-corrected chi connectivity index (χ0v) is 19.9. The van der Waals surface area contributed by atoms with Gasteiger partial charge in [-0.3, -0.25) is 0 Å². The molecule has 0 atom stereocenters. The fourth-order valence-electron chi connectivity index (χ4n) is 3.03. The maximum Gasteiger partial charge on any atom is 0.231 e. The first-order valence-corrected chi connectivity index (χ1v) is 9.38. The molecular formula is C21H28IN3O5. The Bertz CT molecular complexity index is 876. The first-order chi connectivity index (χ1) is 14.2. The normalized spacial score (nSPS) is 12.1. The number of nitrogens with zero attached hydrogens (tertiary/aromatic N) is 1. The summed E-state index contributed by atoms with van der Waals surface area (Å²) in [6.07, 6.45) is 0. The summed E-state index contributed by atoms with van der Waals surface area (Å²) in [7, 11) is 4.80. The first kappa shape index (κ1) is 23.7. The SMILES string of the molecule is CCNC(=NCc1ccc2c(c1)OCO2)NCc1ccc(OC)c(OC)c1OC.I. The highest BCUT2D eigenvalue weighted by Crippen LogP contribution is 2.39. The minimum absolute atomic E-state index is 0. The molecule has 1 heterocycles. The molecule has 1 aliphatic rings. The lowest BCUT2D eigenvalue weighted by Crippen LogP contribution is -2.36. The van der Waals surface area contributed by atoms with E-state index in [1.807, 2.05) is 37.3 Å². The van der Waals surface area contributed by atoms with Gasteiger partial charge in [-0.2, -0.15) is 0 Å². The second kappa shape index (κ2) is 11.6. The van der Waals surface area contributed by atoms with Gasteiger partial charge in [-0.15, -0.1) is 24.0 Å². The van der Waals surface area contributed by atoms with Gasteiger partial charge in [-0.05, 0) is 36.8 Å². The summed E-state index contributed by atoms with van der Waals surface area (Å²) in [5.41, 5.74) is 1.97. The predicted octanol–water partition coefficient (Wildman–Crippen LogP) is 3.31. The zero-order valence-electron chi connectivity index (χ0n) is 17.6. The van der Waals surface area contributed by atoms with Crippen molar-refractivity contribution < 1.29 is 23.7 Å². The number of rotatable bonds is 8. The molecule has 0 radical (unpaired) electrons. The lowest BCUT2D eigenvalue weighted by Gasteiger charge is -2.17. The van der Waals surface area contributed by atoms with E-state index in [1.165, 1.54) is 0 Å². The molecule has 30 heavy (non-hydrogen) atoms. The molecule has 0 unspecified atom stereocenters. The van der Waals surface area contributed by atoms with Crippen molar-refractivity contribution in [3.63, 3.8) is 0 Å². The van der Waals surface area contributed by atoms with Crippen LogP contribution in [0, 0.1) is 0 Å². The van der Waals surface area contributed by atoms with Gasteiger partial charge in [0.25, 0.3) is 0 Å². The molecule has 0 bridgehead atoms. The van der Waals surface area contributed by atoms with Crippen LogP contribution in [0.5, 0.6) is 28.7 Å². The van der Waals surface area contributed by atoms with Gasteiger partial charge in [0.1, 0.15) is 0 Å². The van der Waals surface area contributed by atoms with Crippen molar-refractivity contribution in [1.82, 2.24) is 10.6 Å². The summed E-state index contributed by atoms with van der Waals surface area (Å²) in [5, 5.41) is 6.58. The molecule has 0 fully saturated rings. The summed E-state index contributed by atoms with van der Waals surface area (Å²) in [4.78, 5) is 4.66. The van der Waals surface area contributed by atoms with E-state index in [0.717, 1.165) is 29.2 Å². The van der Waals surface area contributed by atoms with Crippen LogP contribution in [0.4, 0.5) is 0 Å². The number of halogens is 1. The number of hydrogen-bond acceptors (Lipinski definition) is 6. The highest BCUT2D eigenvalue weighted by atomic mass is 127. The molecule has 164 valence electrons. The second-order valence-corrected chi connectivity index (χ2v) is 6.23. The zero-order chi connectivity index (χ0) is 20.6. The number of ether oxygens (including phenoxy) is 5. The van der Waals surface area contributed by atoms with Gasteiger partial charge in [-0.25, -0.2) is 4.99 Å². The van der Waals surface area contributed by atoms with E-state index < -0.39 is 0 Å². The van der Waals surface area contributed by atoms with Crippen LogP contribution in [0.1, 0.15) is 18.1 Å². The Hall–Kier alpha value is -2.56. The van der Waals surface area contributed by atoms with Gasteiger partial charge in [0.2, 0.25) is 12.5 Å². The summed E-state index contributed by atoms with van der Waals surface area (Å²) >= 11 is 0. The van der Waals surface area contributed by atoms with Crippen LogP contribution >= 0.6 is 24.0 Å². The molecule has 2 N–H and O–H groups in total. The van der Waals surface area contributed by atoms with Crippen molar-refractivity contribution >= 4 is 29.9 Å². The monoisotopic (exact) mass is 529 g/mol. The van der Waals surface area contributed by atoms with E-state index in [1.54, 1.807) is 21.3 Å². The van der Waals surface area contributed by atoms with Crippen LogP contribution in [0.15, 0.2) is 35.3 Å². The van der Waals surface area contributed by atoms with E-state index in [4.69, 9.17) is 23.7 Å². The standard InChI is InChI=1S/C21H27N3O5.HI/c1-5-22-21(23-11-14-6-8-16-18(10-14)29-13-28-16)24-12-15-7-9-17(25-2)20(27-4)19(15)26-3;/h6-10H,5,11-13H2,1-4H3,(H2,22,23,24);1H. The Morgan fingerprint density at radius 2 is 1.73 bits per heavy atom. The van der Waals surface area contributed by atoms with Crippen LogP contribution in [0.2, 0.25) is 0 Å². The fourth-order valence-corrected chi connectivity index (χ4v) is 3.03. The van der Waals surface area contributed by atoms with Gasteiger partial charge in [-0.1, -0.05) is 6.07 Å². The summed E-state index contributed by atoms with van der Waals surface area (Å²) in [6, 6.07) is 9.64. The van der Waals surface area contributed by atoms with Gasteiger partial charge in [0.15, 0.2) is 29.0 Å². The molecule has 2 aromatic rings. The molecule has 8 nitrogen and oxygen atoms in total. The Morgan fingerprint density at radius 1 is 0.967 bits per heavy atom. The van der Waals surface area contributed by atoms with Crippen LogP contribution in [0.25, 0.3) is 0 Å². The van der Waals surface area contributed by atoms with E-state index in [0.29, 0.717) is 36.3 Å². The average molecular weight is 529 g/mol. The van der Waals surface area contributed by atoms with Gasteiger partial charge in [0, 0.05) is 18.7 Å². The molecule has 1 aliphatic heterocycles.